The van der Waals surface area contributed by atoms with E-state index in [0.29, 0.717) is 12.1 Å². The zero-order chi connectivity index (χ0) is 14.8. The highest BCUT2D eigenvalue weighted by atomic mass is 32.2. The van der Waals surface area contributed by atoms with E-state index in [4.69, 9.17) is 10.9 Å². The van der Waals surface area contributed by atoms with Crippen molar-refractivity contribution in [2.24, 2.45) is 10.9 Å². The molecule has 106 valence electrons. The van der Waals surface area contributed by atoms with Gasteiger partial charge in [-0.1, -0.05) is 6.92 Å². The van der Waals surface area contributed by atoms with Crippen molar-refractivity contribution in [1.82, 2.24) is 0 Å². The molecule has 7 heteroatoms. The molecule has 5 N–H and O–H groups in total. The van der Waals surface area contributed by atoms with Gasteiger partial charge in [-0.15, -0.1) is 0 Å². The number of sulfonamides is 1. The fraction of sp³-hybridized carbons (Fsp3) is 0.417. The van der Waals surface area contributed by atoms with E-state index < -0.39 is 16.1 Å². The van der Waals surface area contributed by atoms with Crippen LogP contribution in [0.25, 0.3) is 0 Å². The monoisotopic (exact) mass is 285 g/mol. The summed E-state index contributed by atoms with van der Waals surface area (Å²) in [5.41, 5.74) is 7.55. The molecule has 0 fully saturated rings. The summed E-state index contributed by atoms with van der Waals surface area (Å²) in [5, 5.41) is 7.73. The van der Waals surface area contributed by atoms with Gasteiger partial charge in [-0.25, -0.2) is 13.6 Å². The lowest BCUT2D eigenvalue weighted by Crippen LogP contribution is -2.35. The minimum Gasteiger partial charge on any atom is -0.324 e. The molecule has 0 saturated carbocycles. The molecule has 0 bridgehead atoms. The molecule has 0 aliphatic carbocycles. The Kier molecular flexibility index (Phi) is 4.67. The van der Waals surface area contributed by atoms with Gasteiger partial charge in [0.2, 0.25) is 15.9 Å². The third kappa shape index (κ3) is 3.76. The lowest BCUT2D eigenvalue weighted by atomic mass is 10.1. The molecular weight excluding hydrogens is 266 g/mol. The van der Waals surface area contributed by atoms with Crippen LogP contribution in [0.1, 0.15) is 24.5 Å². The minimum atomic E-state index is -3.81. The number of nitrogens with one attached hydrogen (secondary N) is 1. The first-order chi connectivity index (χ1) is 8.66. The summed E-state index contributed by atoms with van der Waals surface area (Å²) in [4.78, 5) is 11.7. The molecule has 0 aliphatic heterocycles. The van der Waals surface area contributed by atoms with Gasteiger partial charge >= 0.3 is 0 Å². The molecule has 6 nitrogen and oxygen atoms in total. The van der Waals surface area contributed by atoms with Gasteiger partial charge in [0.1, 0.15) is 0 Å². The second-order valence-electron chi connectivity index (χ2n) is 4.46. The SMILES string of the molecule is CC[C@H](N)C(=O)Nc1cc(S(N)(=O)=O)cc(C)c1C. The predicted octanol–water partition coefficient (Wildman–Crippen LogP) is 0.627. The Bertz CT molecular complexity index is 596. The lowest BCUT2D eigenvalue weighted by Gasteiger charge is -2.15. The minimum absolute atomic E-state index is 0.0315. The highest BCUT2D eigenvalue weighted by Crippen LogP contribution is 2.23. The van der Waals surface area contributed by atoms with Crippen molar-refractivity contribution in [3.63, 3.8) is 0 Å². The van der Waals surface area contributed by atoms with Crippen molar-refractivity contribution in [1.29, 1.82) is 0 Å². The largest absolute Gasteiger partial charge is 0.324 e. The van der Waals surface area contributed by atoms with Crippen LogP contribution in [0.15, 0.2) is 17.0 Å². The summed E-state index contributed by atoms with van der Waals surface area (Å²) in [6, 6.07) is 2.19. The average Bonchev–Trinajstić information content (AvgIpc) is 2.32. The van der Waals surface area contributed by atoms with E-state index in [-0.39, 0.29) is 10.8 Å². The Morgan fingerprint density at radius 1 is 1.37 bits per heavy atom. The second-order valence-corrected chi connectivity index (χ2v) is 6.02. The van der Waals surface area contributed by atoms with Crippen LogP contribution in [0.5, 0.6) is 0 Å². The molecule has 0 heterocycles. The topological polar surface area (TPSA) is 115 Å². The number of benzene rings is 1. The normalized spacial score (nSPS) is 13.1. The van der Waals surface area contributed by atoms with E-state index in [1.54, 1.807) is 20.8 Å². The molecule has 0 aromatic heterocycles. The number of rotatable bonds is 4. The second kappa shape index (κ2) is 5.68. The van der Waals surface area contributed by atoms with E-state index in [0.717, 1.165) is 11.1 Å². The van der Waals surface area contributed by atoms with Gasteiger partial charge in [0, 0.05) is 5.69 Å². The van der Waals surface area contributed by atoms with Crippen molar-refractivity contribution in [2.75, 3.05) is 5.32 Å². The van der Waals surface area contributed by atoms with Crippen LogP contribution in [0, 0.1) is 13.8 Å². The maximum atomic E-state index is 11.8. The van der Waals surface area contributed by atoms with Crippen LogP contribution in [0.2, 0.25) is 0 Å². The molecule has 1 atom stereocenters. The van der Waals surface area contributed by atoms with Gasteiger partial charge in [0.05, 0.1) is 10.9 Å². The van der Waals surface area contributed by atoms with Gasteiger partial charge in [-0.3, -0.25) is 4.79 Å². The molecule has 0 aliphatic rings. The highest BCUT2D eigenvalue weighted by molar-refractivity contribution is 7.89. The number of carbonyl (C=O) groups excluding carboxylic acids is 1. The maximum absolute atomic E-state index is 11.8. The van der Waals surface area contributed by atoms with Crippen LogP contribution < -0.4 is 16.2 Å². The first kappa shape index (κ1) is 15.6. The molecule has 1 aromatic carbocycles. The number of primary sulfonamides is 1. The number of hydrogen-bond donors (Lipinski definition) is 3. The van der Waals surface area contributed by atoms with Crippen LogP contribution >= 0.6 is 0 Å². The maximum Gasteiger partial charge on any atom is 0.241 e. The van der Waals surface area contributed by atoms with Crippen LogP contribution in [0.4, 0.5) is 5.69 Å². The van der Waals surface area contributed by atoms with Gasteiger partial charge in [0.15, 0.2) is 0 Å². The Hall–Kier alpha value is -1.44. The Balaban J connectivity index is 3.21. The Morgan fingerprint density at radius 3 is 2.42 bits per heavy atom. The van der Waals surface area contributed by atoms with Crippen molar-refractivity contribution in [3.8, 4) is 0 Å². The Morgan fingerprint density at radius 2 is 1.95 bits per heavy atom. The molecule has 1 aromatic rings. The van der Waals surface area contributed by atoms with Gasteiger partial charge in [0.25, 0.3) is 0 Å². The quantitative estimate of drug-likeness (QED) is 0.752. The molecule has 0 radical (unpaired) electrons. The van der Waals surface area contributed by atoms with Gasteiger partial charge in [-0.05, 0) is 43.5 Å². The van der Waals surface area contributed by atoms with E-state index in [1.165, 1.54) is 12.1 Å². The predicted molar refractivity (Wildman–Crippen MR) is 74.2 cm³/mol. The standard InChI is InChI=1S/C12H19N3O3S/c1-4-10(13)12(16)15-11-6-9(19(14,17)18)5-7(2)8(11)3/h5-6,10H,4,13H2,1-3H3,(H,15,16)(H2,14,17,18)/t10-/m0/s1. The summed E-state index contributed by atoms with van der Waals surface area (Å²) < 4.78 is 22.7. The summed E-state index contributed by atoms with van der Waals surface area (Å²) in [7, 11) is -3.81. The third-order valence-electron chi connectivity index (χ3n) is 3.00. The summed E-state index contributed by atoms with van der Waals surface area (Å²) in [5.74, 6) is -0.350. The molecule has 1 amide bonds. The van der Waals surface area contributed by atoms with Crippen LogP contribution in [-0.2, 0) is 14.8 Å². The van der Waals surface area contributed by atoms with Crippen LogP contribution in [0.3, 0.4) is 0 Å². The average molecular weight is 285 g/mol. The first-order valence-corrected chi connectivity index (χ1v) is 7.42. The fourth-order valence-electron chi connectivity index (χ4n) is 1.53. The lowest BCUT2D eigenvalue weighted by molar-refractivity contribution is -0.117. The zero-order valence-electron chi connectivity index (χ0n) is 11.2. The van der Waals surface area contributed by atoms with Gasteiger partial charge < -0.3 is 11.1 Å². The van der Waals surface area contributed by atoms with E-state index in [2.05, 4.69) is 5.32 Å². The van der Waals surface area contributed by atoms with Crippen molar-refractivity contribution < 1.29 is 13.2 Å². The molecule has 1 rings (SSSR count). The molecule has 0 saturated heterocycles. The van der Waals surface area contributed by atoms with Crippen molar-refractivity contribution in [2.45, 2.75) is 38.1 Å². The molecule has 0 unspecified atom stereocenters. The number of aryl methyl sites for hydroxylation is 1. The first-order valence-electron chi connectivity index (χ1n) is 5.87. The zero-order valence-corrected chi connectivity index (χ0v) is 12.0. The summed E-state index contributed by atoms with van der Waals surface area (Å²) >= 11 is 0. The summed E-state index contributed by atoms with van der Waals surface area (Å²) in [6.45, 7) is 5.33. The Labute approximate surface area is 113 Å². The molecule has 19 heavy (non-hydrogen) atoms. The third-order valence-corrected chi connectivity index (χ3v) is 3.90. The van der Waals surface area contributed by atoms with Crippen LogP contribution in [-0.4, -0.2) is 20.4 Å². The number of anilines is 1. The number of nitrogens with two attached hydrogens (primary N) is 2. The number of hydrogen-bond acceptors (Lipinski definition) is 4. The van der Waals surface area contributed by atoms with Crippen molar-refractivity contribution in [3.05, 3.63) is 23.3 Å². The molecular formula is C12H19N3O3S. The van der Waals surface area contributed by atoms with E-state index >= 15 is 0 Å². The van der Waals surface area contributed by atoms with Crippen molar-refractivity contribution >= 4 is 21.6 Å². The molecule has 0 spiro atoms. The fourth-order valence-corrected chi connectivity index (χ4v) is 2.15. The highest BCUT2D eigenvalue weighted by Gasteiger charge is 2.16. The van der Waals surface area contributed by atoms with Gasteiger partial charge in [-0.2, -0.15) is 0 Å². The van der Waals surface area contributed by atoms with E-state index in [9.17, 15) is 13.2 Å². The number of carbonyl (C=O) groups is 1. The number of amides is 1. The smallest absolute Gasteiger partial charge is 0.241 e. The summed E-state index contributed by atoms with van der Waals surface area (Å²) in [6.07, 6.45) is 0.499. The van der Waals surface area contributed by atoms with E-state index in [1.807, 2.05) is 0 Å².